The summed E-state index contributed by atoms with van der Waals surface area (Å²) >= 11 is 10.1. The lowest BCUT2D eigenvalue weighted by atomic mass is 10.1. The van der Waals surface area contributed by atoms with Crippen molar-refractivity contribution in [3.63, 3.8) is 0 Å². The van der Waals surface area contributed by atoms with Gasteiger partial charge in [-0.15, -0.1) is 11.3 Å². The van der Waals surface area contributed by atoms with Gasteiger partial charge in [0.15, 0.2) is 15.7 Å². The molecule has 4 rings (SSSR count). The topological polar surface area (TPSA) is 75.6 Å². The molecule has 2 aromatic heterocycles. The van der Waals surface area contributed by atoms with E-state index in [4.69, 9.17) is 12.2 Å². The molecular weight excluding hydrogens is 470 g/mol. The lowest BCUT2D eigenvalue weighted by Crippen LogP contribution is -2.19. The molecule has 2 N–H and O–H groups in total. The number of nitrogens with zero attached hydrogens (tertiary/aromatic N) is 3. The molecule has 0 atom stereocenters. The molecule has 146 valence electrons. The van der Waals surface area contributed by atoms with Gasteiger partial charge in [-0.25, -0.2) is 4.98 Å². The molecule has 4 aromatic rings. The minimum absolute atomic E-state index is 0.0474. The highest BCUT2D eigenvalue weighted by Gasteiger charge is 2.14. The van der Waals surface area contributed by atoms with E-state index in [1.807, 2.05) is 60.8 Å². The van der Waals surface area contributed by atoms with E-state index < -0.39 is 0 Å². The predicted octanol–water partition coefficient (Wildman–Crippen LogP) is 5.44. The lowest BCUT2D eigenvalue weighted by molar-refractivity contribution is -0.116. The third kappa shape index (κ3) is 4.52. The normalized spacial score (nSPS) is 10.8. The Hall–Kier alpha value is -2.62. The van der Waals surface area contributed by atoms with Crippen molar-refractivity contribution in [2.45, 2.75) is 13.5 Å². The summed E-state index contributed by atoms with van der Waals surface area (Å²) in [5.41, 5.74) is 3.81. The number of rotatable bonds is 5. The summed E-state index contributed by atoms with van der Waals surface area (Å²) in [6.07, 6.45) is 0. The Morgan fingerprint density at radius 3 is 2.79 bits per heavy atom. The molecule has 6 nitrogen and oxygen atoms in total. The maximum Gasteiger partial charge on any atom is 0.246 e. The largest absolute Gasteiger partial charge is 0.300 e. The van der Waals surface area contributed by atoms with Crippen LogP contribution in [0.2, 0.25) is 0 Å². The summed E-state index contributed by atoms with van der Waals surface area (Å²) in [5, 5.41) is 12.4. The molecule has 0 unspecified atom stereocenters. The summed E-state index contributed by atoms with van der Waals surface area (Å²) in [6.45, 7) is 2.05. The summed E-state index contributed by atoms with van der Waals surface area (Å²) in [6, 6.07) is 15.8. The third-order valence-corrected chi connectivity index (χ3v) is 5.82. The van der Waals surface area contributed by atoms with E-state index in [2.05, 4.69) is 36.4 Å². The first kappa shape index (κ1) is 19.7. The number of nitrogens with one attached hydrogen (secondary N) is 2. The number of hydrogen-bond acceptors (Lipinski definition) is 5. The highest BCUT2D eigenvalue weighted by molar-refractivity contribution is 9.10. The number of anilines is 1. The van der Waals surface area contributed by atoms with Crippen LogP contribution in [0.25, 0.3) is 22.6 Å². The quantitative estimate of drug-likeness (QED) is 0.369. The molecule has 0 spiro atoms. The van der Waals surface area contributed by atoms with Crippen molar-refractivity contribution in [1.82, 2.24) is 19.7 Å². The number of aromatic nitrogens is 4. The Balaban J connectivity index is 1.51. The van der Waals surface area contributed by atoms with Crippen molar-refractivity contribution in [2.75, 3.05) is 5.32 Å². The van der Waals surface area contributed by atoms with Crippen molar-refractivity contribution < 1.29 is 4.79 Å². The molecule has 29 heavy (non-hydrogen) atoms. The predicted molar refractivity (Wildman–Crippen MR) is 121 cm³/mol. The van der Waals surface area contributed by atoms with Gasteiger partial charge in [-0.1, -0.05) is 51.8 Å². The van der Waals surface area contributed by atoms with Crippen LogP contribution in [0, 0.1) is 11.7 Å². The molecule has 2 heterocycles. The van der Waals surface area contributed by atoms with Gasteiger partial charge in [-0.3, -0.25) is 14.5 Å². The SMILES string of the molecule is Cc1cccc(-c2n[nH]c(=S)n2CC(=O)Nc2nc(-c3ccc(Br)cc3)cs2)c1. The van der Waals surface area contributed by atoms with Crippen LogP contribution in [0.5, 0.6) is 0 Å². The van der Waals surface area contributed by atoms with E-state index in [-0.39, 0.29) is 12.5 Å². The number of thiazole rings is 1. The summed E-state index contributed by atoms with van der Waals surface area (Å²) in [5.74, 6) is 0.414. The van der Waals surface area contributed by atoms with Crippen molar-refractivity contribution in [1.29, 1.82) is 0 Å². The minimum Gasteiger partial charge on any atom is -0.300 e. The van der Waals surface area contributed by atoms with Gasteiger partial charge in [0, 0.05) is 21.0 Å². The van der Waals surface area contributed by atoms with Gasteiger partial charge in [0.1, 0.15) is 6.54 Å². The molecular formula is C20H16BrN5OS2. The molecule has 9 heteroatoms. The zero-order chi connectivity index (χ0) is 20.4. The molecule has 0 bridgehead atoms. The first-order valence-corrected chi connectivity index (χ1v) is 10.8. The maximum atomic E-state index is 12.6. The number of amides is 1. The van der Waals surface area contributed by atoms with Crippen LogP contribution >= 0.6 is 39.5 Å². The molecule has 0 saturated carbocycles. The number of hydrogen-bond donors (Lipinski definition) is 2. The number of aryl methyl sites for hydroxylation is 1. The zero-order valence-electron chi connectivity index (χ0n) is 15.3. The Morgan fingerprint density at radius 1 is 1.24 bits per heavy atom. The van der Waals surface area contributed by atoms with Crippen LogP contribution in [0.3, 0.4) is 0 Å². The molecule has 0 fully saturated rings. The van der Waals surface area contributed by atoms with Crippen LogP contribution in [0.1, 0.15) is 5.56 Å². The average molecular weight is 486 g/mol. The van der Waals surface area contributed by atoms with Crippen LogP contribution in [-0.4, -0.2) is 25.7 Å². The standard InChI is InChI=1S/C20H16BrN5OS2/c1-12-3-2-4-14(9-12)18-24-25-20(28)26(18)10-17(27)23-19-22-16(11-29-19)13-5-7-15(21)8-6-13/h2-9,11H,10H2,1H3,(H,25,28)(H,22,23,27). The van der Waals surface area contributed by atoms with Crippen molar-refractivity contribution >= 4 is 50.5 Å². The van der Waals surface area contributed by atoms with Crippen molar-refractivity contribution in [3.8, 4) is 22.6 Å². The average Bonchev–Trinajstić information content (AvgIpc) is 3.30. The van der Waals surface area contributed by atoms with E-state index in [0.717, 1.165) is 26.9 Å². The fraction of sp³-hybridized carbons (Fsp3) is 0.100. The first-order valence-electron chi connectivity index (χ1n) is 8.73. The van der Waals surface area contributed by atoms with Gasteiger partial charge in [-0.05, 0) is 37.3 Å². The van der Waals surface area contributed by atoms with E-state index >= 15 is 0 Å². The second kappa shape index (κ2) is 8.40. The number of carbonyl (C=O) groups is 1. The summed E-state index contributed by atoms with van der Waals surface area (Å²) < 4.78 is 3.08. The Morgan fingerprint density at radius 2 is 2.03 bits per heavy atom. The van der Waals surface area contributed by atoms with Gasteiger partial charge in [-0.2, -0.15) is 5.10 Å². The second-order valence-electron chi connectivity index (χ2n) is 6.40. The van der Waals surface area contributed by atoms with Crippen LogP contribution in [-0.2, 0) is 11.3 Å². The Bertz CT molecular complexity index is 1230. The number of carbonyl (C=O) groups excluding carboxylic acids is 1. The number of H-pyrrole nitrogens is 1. The molecule has 1 amide bonds. The van der Waals surface area contributed by atoms with Gasteiger partial charge in [0.25, 0.3) is 0 Å². The van der Waals surface area contributed by atoms with Gasteiger partial charge in [0.2, 0.25) is 5.91 Å². The van der Waals surface area contributed by atoms with Crippen molar-refractivity contribution in [3.05, 3.63) is 68.7 Å². The fourth-order valence-electron chi connectivity index (χ4n) is 2.86. The van der Waals surface area contributed by atoms with Gasteiger partial charge in [0.05, 0.1) is 5.69 Å². The van der Waals surface area contributed by atoms with E-state index in [1.54, 1.807) is 4.57 Å². The first-order chi connectivity index (χ1) is 14.0. The highest BCUT2D eigenvalue weighted by atomic mass is 79.9. The molecule has 0 radical (unpaired) electrons. The molecule has 0 aliphatic heterocycles. The Labute approximate surface area is 184 Å². The monoisotopic (exact) mass is 485 g/mol. The third-order valence-electron chi connectivity index (χ3n) is 4.23. The van der Waals surface area contributed by atoms with E-state index in [0.29, 0.717) is 15.7 Å². The van der Waals surface area contributed by atoms with E-state index in [1.165, 1.54) is 11.3 Å². The molecule has 0 aliphatic rings. The number of aromatic amines is 1. The maximum absolute atomic E-state index is 12.6. The molecule has 2 aromatic carbocycles. The summed E-state index contributed by atoms with van der Waals surface area (Å²) in [4.78, 5) is 17.1. The molecule has 0 aliphatic carbocycles. The van der Waals surface area contributed by atoms with E-state index in [9.17, 15) is 4.79 Å². The fourth-order valence-corrected chi connectivity index (χ4v) is 4.05. The van der Waals surface area contributed by atoms with Crippen LogP contribution in [0.15, 0.2) is 58.4 Å². The number of benzene rings is 2. The highest BCUT2D eigenvalue weighted by Crippen LogP contribution is 2.26. The zero-order valence-corrected chi connectivity index (χ0v) is 18.6. The van der Waals surface area contributed by atoms with Crippen molar-refractivity contribution in [2.24, 2.45) is 0 Å². The van der Waals surface area contributed by atoms with Crippen LogP contribution < -0.4 is 5.32 Å². The molecule has 0 saturated heterocycles. The lowest BCUT2D eigenvalue weighted by Gasteiger charge is -2.07. The smallest absolute Gasteiger partial charge is 0.246 e. The number of halogens is 1. The van der Waals surface area contributed by atoms with Gasteiger partial charge >= 0.3 is 0 Å². The minimum atomic E-state index is -0.215. The Kier molecular flexibility index (Phi) is 5.70. The summed E-state index contributed by atoms with van der Waals surface area (Å²) in [7, 11) is 0. The second-order valence-corrected chi connectivity index (χ2v) is 8.56. The van der Waals surface area contributed by atoms with Crippen LogP contribution in [0.4, 0.5) is 5.13 Å². The van der Waals surface area contributed by atoms with Gasteiger partial charge < -0.3 is 5.32 Å².